The van der Waals surface area contributed by atoms with Crippen molar-refractivity contribution in [3.05, 3.63) is 59.9 Å². The lowest BCUT2D eigenvalue weighted by atomic mass is 10.1. The molecule has 2 rings (SSSR count). The van der Waals surface area contributed by atoms with Crippen molar-refractivity contribution in [1.82, 2.24) is 4.72 Å². The van der Waals surface area contributed by atoms with Gasteiger partial charge >= 0.3 is 5.97 Å². The number of benzene rings is 2. The van der Waals surface area contributed by atoms with Crippen LogP contribution in [0.3, 0.4) is 0 Å². The summed E-state index contributed by atoms with van der Waals surface area (Å²) in [7, 11) is -3.63. The third kappa shape index (κ3) is 6.65. The average Bonchev–Trinajstić information content (AvgIpc) is 2.63. The van der Waals surface area contributed by atoms with Gasteiger partial charge < -0.3 is 10.1 Å². The maximum atomic E-state index is 13.6. The molecule has 0 heterocycles. The first-order chi connectivity index (χ1) is 13.6. The fourth-order valence-electron chi connectivity index (χ4n) is 2.43. The van der Waals surface area contributed by atoms with Crippen molar-refractivity contribution >= 4 is 27.6 Å². The van der Waals surface area contributed by atoms with Crippen LogP contribution in [0.1, 0.15) is 26.3 Å². The predicted octanol–water partition coefficient (Wildman–Crippen LogP) is 2.63. The summed E-state index contributed by atoms with van der Waals surface area (Å²) in [6.07, 6.45) is -1.40. The number of rotatable bonds is 8. The molecular weight excluding hydrogens is 399 g/mol. The van der Waals surface area contributed by atoms with Gasteiger partial charge in [0.2, 0.25) is 10.0 Å². The van der Waals surface area contributed by atoms with Crippen LogP contribution in [0, 0.1) is 5.82 Å². The monoisotopic (exact) mass is 422 g/mol. The van der Waals surface area contributed by atoms with Crippen molar-refractivity contribution in [2.24, 2.45) is 0 Å². The fourth-order valence-corrected chi connectivity index (χ4v) is 3.68. The third-order valence-electron chi connectivity index (χ3n) is 3.79. The topological polar surface area (TPSA) is 102 Å². The number of carbonyl (C=O) groups is 2. The van der Waals surface area contributed by atoms with E-state index in [1.165, 1.54) is 49.4 Å². The highest BCUT2D eigenvalue weighted by Gasteiger charge is 2.20. The lowest BCUT2D eigenvalue weighted by molar-refractivity contribution is -0.152. The number of anilines is 1. The van der Waals surface area contributed by atoms with Crippen molar-refractivity contribution in [1.29, 1.82) is 0 Å². The second-order valence-electron chi connectivity index (χ2n) is 6.69. The van der Waals surface area contributed by atoms with E-state index in [0.29, 0.717) is 5.69 Å². The van der Waals surface area contributed by atoms with E-state index in [2.05, 4.69) is 10.0 Å². The van der Waals surface area contributed by atoms with Gasteiger partial charge in [-0.25, -0.2) is 17.5 Å². The molecule has 0 aliphatic heterocycles. The standard InChI is InChI=1S/C20H23FN2O5S/c1-13(2)23-29(26,27)17-10-8-16(9-11-17)22-20(25)14(3)28-19(24)12-15-6-4-5-7-18(15)21/h4-11,13-14,23H,12H2,1-3H3,(H,22,25)/t14-/m0/s1. The highest BCUT2D eigenvalue weighted by Crippen LogP contribution is 2.15. The number of esters is 1. The zero-order valence-electron chi connectivity index (χ0n) is 16.3. The van der Waals surface area contributed by atoms with E-state index in [-0.39, 0.29) is 22.9 Å². The van der Waals surface area contributed by atoms with E-state index in [9.17, 15) is 22.4 Å². The molecule has 7 nitrogen and oxygen atoms in total. The van der Waals surface area contributed by atoms with Crippen LogP contribution in [0.4, 0.5) is 10.1 Å². The van der Waals surface area contributed by atoms with Crippen LogP contribution in [0.5, 0.6) is 0 Å². The number of carbonyl (C=O) groups excluding carboxylic acids is 2. The molecule has 0 fully saturated rings. The maximum absolute atomic E-state index is 13.6. The van der Waals surface area contributed by atoms with Crippen LogP contribution in [-0.4, -0.2) is 32.4 Å². The number of sulfonamides is 1. The van der Waals surface area contributed by atoms with E-state index >= 15 is 0 Å². The van der Waals surface area contributed by atoms with Crippen LogP contribution in [0.15, 0.2) is 53.4 Å². The van der Waals surface area contributed by atoms with Crippen molar-refractivity contribution in [3.63, 3.8) is 0 Å². The highest BCUT2D eigenvalue weighted by atomic mass is 32.2. The van der Waals surface area contributed by atoms with Gasteiger partial charge in [-0.15, -0.1) is 0 Å². The van der Waals surface area contributed by atoms with E-state index in [1.807, 2.05) is 0 Å². The SMILES string of the molecule is CC(C)NS(=O)(=O)c1ccc(NC(=O)[C@H](C)OC(=O)Cc2ccccc2F)cc1. The van der Waals surface area contributed by atoms with Gasteiger partial charge in [0.15, 0.2) is 6.10 Å². The molecule has 0 radical (unpaired) electrons. The summed E-state index contributed by atoms with van der Waals surface area (Å²) < 4.78 is 45.3. The quantitative estimate of drug-likeness (QED) is 0.637. The summed E-state index contributed by atoms with van der Waals surface area (Å²) in [6.45, 7) is 4.81. The van der Waals surface area contributed by atoms with Crippen molar-refractivity contribution < 1.29 is 27.1 Å². The number of amides is 1. The van der Waals surface area contributed by atoms with Gasteiger partial charge in [0.25, 0.3) is 5.91 Å². The lowest BCUT2D eigenvalue weighted by Crippen LogP contribution is -2.31. The molecule has 0 aromatic heterocycles. The Labute approximate surface area is 169 Å². The molecule has 29 heavy (non-hydrogen) atoms. The molecule has 0 aliphatic rings. The Hall–Kier alpha value is -2.78. The fraction of sp³-hybridized carbons (Fsp3) is 0.300. The van der Waals surface area contributed by atoms with Gasteiger partial charge in [-0.1, -0.05) is 18.2 Å². The molecule has 2 aromatic carbocycles. The van der Waals surface area contributed by atoms with Crippen LogP contribution < -0.4 is 10.0 Å². The van der Waals surface area contributed by atoms with Crippen molar-refractivity contribution in [2.45, 2.75) is 44.2 Å². The molecule has 9 heteroatoms. The lowest BCUT2D eigenvalue weighted by Gasteiger charge is -2.14. The van der Waals surface area contributed by atoms with E-state index in [0.717, 1.165) is 0 Å². The smallest absolute Gasteiger partial charge is 0.311 e. The Kier molecular flexibility index (Phi) is 7.46. The number of hydrogen-bond acceptors (Lipinski definition) is 5. The first-order valence-electron chi connectivity index (χ1n) is 8.94. The Morgan fingerprint density at radius 2 is 1.66 bits per heavy atom. The van der Waals surface area contributed by atoms with E-state index < -0.39 is 33.8 Å². The molecule has 0 spiro atoms. The second-order valence-corrected chi connectivity index (χ2v) is 8.40. The Morgan fingerprint density at radius 3 is 2.24 bits per heavy atom. The normalized spacial score (nSPS) is 12.4. The van der Waals surface area contributed by atoms with Crippen LogP contribution in [-0.2, 0) is 30.8 Å². The third-order valence-corrected chi connectivity index (χ3v) is 5.47. The summed E-state index contributed by atoms with van der Waals surface area (Å²) in [5.74, 6) is -1.86. The number of halogens is 1. The molecule has 156 valence electrons. The van der Waals surface area contributed by atoms with Crippen molar-refractivity contribution in [3.8, 4) is 0 Å². The number of hydrogen-bond donors (Lipinski definition) is 2. The average molecular weight is 422 g/mol. The molecule has 2 N–H and O–H groups in total. The van der Waals surface area contributed by atoms with Gasteiger partial charge in [0.1, 0.15) is 5.82 Å². The summed E-state index contributed by atoms with van der Waals surface area (Å²) in [5.41, 5.74) is 0.521. The van der Waals surface area contributed by atoms with Gasteiger partial charge in [0.05, 0.1) is 11.3 Å². The van der Waals surface area contributed by atoms with Crippen LogP contribution >= 0.6 is 0 Å². The van der Waals surface area contributed by atoms with E-state index in [1.54, 1.807) is 19.9 Å². The highest BCUT2D eigenvalue weighted by molar-refractivity contribution is 7.89. The summed E-state index contributed by atoms with van der Waals surface area (Å²) >= 11 is 0. The summed E-state index contributed by atoms with van der Waals surface area (Å²) in [4.78, 5) is 24.2. The largest absolute Gasteiger partial charge is 0.452 e. The Balaban J connectivity index is 1.94. The maximum Gasteiger partial charge on any atom is 0.311 e. The number of ether oxygens (including phenoxy) is 1. The molecule has 0 unspecified atom stereocenters. The van der Waals surface area contributed by atoms with Crippen molar-refractivity contribution in [2.75, 3.05) is 5.32 Å². The Bertz CT molecular complexity index is 975. The summed E-state index contributed by atoms with van der Waals surface area (Å²) in [5, 5.41) is 2.54. The molecule has 2 aromatic rings. The number of nitrogens with one attached hydrogen (secondary N) is 2. The molecular formula is C20H23FN2O5S. The first kappa shape index (κ1) is 22.5. The van der Waals surface area contributed by atoms with E-state index in [4.69, 9.17) is 4.74 Å². The van der Waals surface area contributed by atoms with Gasteiger partial charge in [-0.2, -0.15) is 0 Å². The Morgan fingerprint density at radius 1 is 1.03 bits per heavy atom. The first-order valence-corrected chi connectivity index (χ1v) is 10.4. The van der Waals surface area contributed by atoms with Gasteiger partial charge in [-0.05, 0) is 56.7 Å². The molecule has 0 aliphatic carbocycles. The zero-order valence-corrected chi connectivity index (χ0v) is 17.1. The molecule has 1 atom stereocenters. The molecule has 0 saturated heterocycles. The molecule has 1 amide bonds. The van der Waals surface area contributed by atoms with Gasteiger partial charge in [0, 0.05) is 11.7 Å². The minimum Gasteiger partial charge on any atom is -0.452 e. The molecule has 0 bridgehead atoms. The predicted molar refractivity (Wildman–Crippen MR) is 106 cm³/mol. The minimum atomic E-state index is -3.63. The zero-order chi connectivity index (χ0) is 21.6. The minimum absolute atomic E-state index is 0.0635. The van der Waals surface area contributed by atoms with Gasteiger partial charge in [-0.3, -0.25) is 9.59 Å². The van der Waals surface area contributed by atoms with Crippen LogP contribution in [0.25, 0.3) is 0 Å². The summed E-state index contributed by atoms with van der Waals surface area (Å²) in [6, 6.07) is 11.1. The second kappa shape index (κ2) is 9.62. The molecule has 0 saturated carbocycles. The van der Waals surface area contributed by atoms with Crippen LogP contribution in [0.2, 0.25) is 0 Å².